The lowest BCUT2D eigenvalue weighted by Gasteiger charge is -2.31. The van der Waals surface area contributed by atoms with Gasteiger partial charge in [-0.2, -0.15) is 0 Å². The molecule has 6 rings (SSSR count). The van der Waals surface area contributed by atoms with Gasteiger partial charge in [-0.05, 0) is 140 Å². The molecule has 0 aliphatic heterocycles. The van der Waals surface area contributed by atoms with Crippen LogP contribution in [-0.4, -0.2) is 14.2 Å². The fraction of sp³-hybridized carbons (Fsp3) is 0.250. The summed E-state index contributed by atoms with van der Waals surface area (Å²) in [5.74, 6) is 1.73. The van der Waals surface area contributed by atoms with E-state index in [1.807, 2.05) is 14.2 Å². The molecule has 0 aliphatic rings. The topological polar surface area (TPSA) is 18.5 Å². The van der Waals surface area contributed by atoms with Crippen molar-refractivity contribution >= 4 is 47.7 Å². The van der Waals surface area contributed by atoms with Gasteiger partial charge in [0.2, 0.25) is 0 Å². The number of hydrogen-bond acceptors (Lipinski definition) is 2. The highest BCUT2D eigenvalue weighted by Gasteiger charge is 2.32. The Bertz CT molecular complexity index is 1950. The molecule has 0 amide bonds. The molecule has 4 heteroatoms. The molecule has 0 bridgehead atoms. The molecular weight excluding hydrogens is 670 g/mol. The van der Waals surface area contributed by atoms with Gasteiger partial charge in [-0.3, -0.25) is 0 Å². The smallest absolute Gasteiger partial charge is 0.127 e. The van der Waals surface area contributed by atoms with Gasteiger partial charge < -0.3 is 9.47 Å². The van der Waals surface area contributed by atoms with Crippen LogP contribution in [0.4, 0.5) is 0 Å². The summed E-state index contributed by atoms with van der Waals surface area (Å²) in [5, 5.41) is 7.99. The molecule has 0 aliphatic carbocycles. The van der Waals surface area contributed by atoms with Crippen molar-refractivity contribution in [1.82, 2.24) is 0 Å². The molecule has 52 heavy (non-hydrogen) atoms. The van der Waals surface area contributed by atoms with Crippen LogP contribution in [0.25, 0.3) is 11.1 Å². The average molecular weight is 723 g/mol. The number of methoxy groups -OCH3 is 2. The number of rotatable bonds is 9. The first kappa shape index (κ1) is 37.5. The van der Waals surface area contributed by atoms with Gasteiger partial charge in [-0.25, -0.2) is 0 Å². The van der Waals surface area contributed by atoms with Gasteiger partial charge >= 0.3 is 0 Å². The minimum absolute atomic E-state index is 0.864. The van der Waals surface area contributed by atoms with Crippen LogP contribution in [0.2, 0.25) is 0 Å². The summed E-state index contributed by atoms with van der Waals surface area (Å²) in [4.78, 5) is 0. The Morgan fingerprint density at radius 3 is 0.769 bits per heavy atom. The van der Waals surface area contributed by atoms with Crippen LogP contribution in [-0.2, 0) is 0 Å². The van der Waals surface area contributed by atoms with Crippen molar-refractivity contribution in [2.45, 2.75) is 69.2 Å². The minimum atomic E-state index is -1.01. The number of aryl methyl sites for hydroxylation is 10. The lowest BCUT2D eigenvalue weighted by atomic mass is 9.99. The Kier molecular flexibility index (Phi) is 11.1. The SMILES string of the molecule is COc1ccc(C)c(P(c2cc(C)cc(C)c2)c2cc(C)cc(C)c2)c1-c1c(OC)ccc(C)c1P(c1cc(C)cc(C)c1)c1cc(C)cc(C)c1. The van der Waals surface area contributed by atoms with E-state index in [0.29, 0.717) is 0 Å². The Morgan fingerprint density at radius 2 is 0.558 bits per heavy atom. The lowest BCUT2D eigenvalue weighted by molar-refractivity contribution is 0.410. The van der Waals surface area contributed by atoms with Gasteiger partial charge in [-0.1, -0.05) is 129 Å². The van der Waals surface area contributed by atoms with Crippen LogP contribution in [0.3, 0.4) is 0 Å². The highest BCUT2D eigenvalue weighted by Crippen LogP contribution is 2.49. The Labute approximate surface area is 314 Å². The predicted molar refractivity (Wildman–Crippen MR) is 230 cm³/mol. The summed E-state index contributed by atoms with van der Waals surface area (Å²) >= 11 is 0. The summed E-state index contributed by atoms with van der Waals surface area (Å²) in [6.07, 6.45) is 0. The van der Waals surface area contributed by atoms with Crippen LogP contribution in [0.5, 0.6) is 11.5 Å². The van der Waals surface area contributed by atoms with E-state index in [1.165, 1.54) is 87.5 Å². The molecule has 266 valence electrons. The maximum Gasteiger partial charge on any atom is 0.127 e. The zero-order valence-electron chi connectivity index (χ0n) is 32.9. The highest BCUT2D eigenvalue weighted by atomic mass is 31.1. The summed E-state index contributed by atoms with van der Waals surface area (Å²) in [6, 6.07) is 37.1. The normalized spacial score (nSPS) is 11.4. The minimum Gasteiger partial charge on any atom is -0.496 e. The van der Waals surface area contributed by atoms with Gasteiger partial charge in [0.15, 0.2) is 0 Å². The first-order chi connectivity index (χ1) is 24.8. The molecule has 6 aromatic rings. The monoisotopic (exact) mass is 722 g/mol. The second kappa shape index (κ2) is 15.4. The fourth-order valence-electron chi connectivity index (χ4n) is 7.89. The number of benzene rings is 6. The molecule has 0 saturated carbocycles. The van der Waals surface area contributed by atoms with Crippen molar-refractivity contribution in [3.05, 3.63) is 153 Å². The maximum absolute atomic E-state index is 6.44. The third-order valence-electron chi connectivity index (χ3n) is 9.68. The number of ether oxygens (including phenoxy) is 2. The Balaban J connectivity index is 1.81. The fourth-order valence-corrected chi connectivity index (χ4v) is 13.9. The van der Waals surface area contributed by atoms with E-state index < -0.39 is 15.8 Å². The second-order valence-corrected chi connectivity index (χ2v) is 19.0. The molecule has 6 aromatic carbocycles. The average Bonchev–Trinajstić information content (AvgIpc) is 3.05. The summed E-state index contributed by atoms with van der Waals surface area (Å²) in [6.45, 7) is 22.3. The molecule has 0 saturated heterocycles. The van der Waals surface area contributed by atoms with Crippen molar-refractivity contribution in [2.24, 2.45) is 0 Å². The Morgan fingerprint density at radius 1 is 0.327 bits per heavy atom. The quantitative estimate of drug-likeness (QED) is 0.138. The van der Waals surface area contributed by atoms with Crippen LogP contribution in [0.15, 0.2) is 97.1 Å². The van der Waals surface area contributed by atoms with E-state index in [4.69, 9.17) is 9.47 Å². The van der Waals surface area contributed by atoms with Crippen molar-refractivity contribution in [2.75, 3.05) is 14.2 Å². The standard InChI is InChI=1S/C48H52O2P2/c1-29-17-30(2)22-39(21-29)51(40-23-31(3)18-32(4)24-40)47-37(9)13-15-43(49-11)45(47)46-44(50-12)16-14-38(10)48(46)52(41-25-33(5)19-34(6)26-41)42-27-35(7)20-36(8)28-42/h13-28H,1-12H3. The van der Waals surface area contributed by atoms with Gasteiger partial charge in [0, 0.05) is 11.1 Å². The molecule has 0 atom stereocenters. The van der Waals surface area contributed by atoms with Gasteiger partial charge in [0.1, 0.15) is 11.5 Å². The molecular formula is C48H52O2P2. The van der Waals surface area contributed by atoms with E-state index in [0.717, 1.165) is 22.6 Å². The molecule has 0 fully saturated rings. The molecule has 0 unspecified atom stereocenters. The maximum atomic E-state index is 6.44. The zero-order chi connectivity index (χ0) is 37.4. The van der Waals surface area contributed by atoms with Crippen molar-refractivity contribution in [3.63, 3.8) is 0 Å². The van der Waals surface area contributed by atoms with Crippen molar-refractivity contribution in [1.29, 1.82) is 0 Å². The summed E-state index contributed by atoms with van der Waals surface area (Å²) in [5.41, 5.74) is 14.9. The Hall–Kier alpha value is -4.22. The summed E-state index contributed by atoms with van der Waals surface area (Å²) < 4.78 is 12.9. The molecule has 0 spiro atoms. The van der Waals surface area contributed by atoms with Crippen molar-refractivity contribution in [3.8, 4) is 22.6 Å². The lowest BCUT2D eigenvalue weighted by Crippen LogP contribution is -2.29. The third kappa shape index (κ3) is 7.62. The van der Waals surface area contributed by atoms with Crippen LogP contribution in [0.1, 0.15) is 55.6 Å². The van der Waals surface area contributed by atoms with Gasteiger partial charge in [0.25, 0.3) is 0 Å². The van der Waals surface area contributed by atoms with Gasteiger partial charge in [0.05, 0.1) is 14.2 Å². The van der Waals surface area contributed by atoms with E-state index in [-0.39, 0.29) is 0 Å². The molecule has 0 heterocycles. The largest absolute Gasteiger partial charge is 0.496 e. The highest BCUT2D eigenvalue weighted by molar-refractivity contribution is 7.81. The second-order valence-electron chi connectivity index (χ2n) is 14.7. The molecule has 0 N–H and O–H groups in total. The summed E-state index contributed by atoms with van der Waals surface area (Å²) in [7, 11) is 1.60. The van der Waals surface area contributed by atoms with E-state index in [9.17, 15) is 0 Å². The first-order valence-corrected chi connectivity index (χ1v) is 20.7. The van der Waals surface area contributed by atoms with E-state index >= 15 is 0 Å². The van der Waals surface area contributed by atoms with Crippen LogP contribution < -0.4 is 41.3 Å². The predicted octanol–water partition coefficient (Wildman–Crippen LogP) is 9.97. The number of hydrogen-bond donors (Lipinski definition) is 0. The van der Waals surface area contributed by atoms with Crippen LogP contribution >= 0.6 is 15.8 Å². The van der Waals surface area contributed by atoms with Crippen LogP contribution in [0, 0.1) is 69.2 Å². The first-order valence-electron chi connectivity index (χ1n) is 18.1. The molecule has 0 aromatic heterocycles. The molecule has 2 nitrogen and oxygen atoms in total. The van der Waals surface area contributed by atoms with Gasteiger partial charge in [-0.15, -0.1) is 0 Å². The van der Waals surface area contributed by atoms with Crippen molar-refractivity contribution < 1.29 is 9.47 Å². The van der Waals surface area contributed by atoms with E-state index in [1.54, 1.807) is 0 Å². The third-order valence-corrected chi connectivity index (χ3v) is 14.8. The van der Waals surface area contributed by atoms with E-state index in [2.05, 4.69) is 166 Å². The zero-order valence-corrected chi connectivity index (χ0v) is 34.7. The molecule has 0 radical (unpaired) electrons.